The Balaban J connectivity index is 1.82. The number of aryl methyl sites for hydroxylation is 2. The lowest BCUT2D eigenvalue weighted by Gasteiger charge is -2.39. The monoisotopic (exact) mass is 321 g/mol. The van der Waals surface area contributed by atoms with Gasteiger partial charge in [-0.15, -0.1) is 0 Å². The predicted octanol–water partition coefficient (Wildman–Crippen LogP) is 5.01. The van der Waals surface area contributed by atoms with Crippen LogP contribution in [-0.2, 0) is 12.8 Å². The molecule has 24 heavy (non-hydrogen) atoms. The summed E-state index contributed by atoms with van der Waals surface area (Å²) in [5, 5.41) is 10.9. The summed E-state index contributed by atoms with van der Waals surface area (Å²) in [5.41, 5.74) is 5.41. The van der Waals surface area contributed by atoms with Gasteiger partial charge in [-0.25, -0.2) is 0 Å². The number of anilines is 2. The Labute approximate surface area is 145 Å². The molecular formula is C22H27NO. The first-order valence-corrected chi connectivity index (χ1v) is 9.48. The van der Waals surface area contributed by atoms with E-state index in [9.17, 15) is 5.11 Å². The highest BCUT2D eigenvalue weighted by Gasteiger charge is 2.31. The van der Waals surface area contributed by atoms with Crippen LogP contribution in [0.4, 0.5) is 11.4 Å². The summed E-state index contributed by atoms with van der Waals surface area (Å²) in [6.07, 6.45) is 8.81. The highest BCUT2D eigenvalue weighted by molar-refractivity contribution is 5.72. The second kappa shape index (κ2) is 6.98. The van der Waals surface area contributed by atoms with E-state index in [4.69, 9.17) is 0 Å². The highest BCUT2D eigenvalue weighted by atomic mass is 16.3. The summed E-state index contributed by atoms with van der Waals surface area (Å²) in [7, 11) is 0. The molecule has 126 valence electrons. The molecule has 0 radical (unpaired) electrons. The van der Waals surface area contributed by atoms with Gasteiger partial charge in [-0.1, -0.05) is 62.1 Å². The van der Waals surface area contributed by atoms with Gasteiger partial charge >= 0.3 is 0 Å². The fraction of sp³-hybridized carbons (Fsp3) is 0.455. The molecule has 2 heteroatoms. The fourth-order valence-electron chi connectivity index (χ4n) is 4.42. The van der Waals surface area contributed by atoms with Crippen LogP contribution >= 0.6 is 0 Å². The van der Waals surface area contributed by atoms with Gasteiger partial charge in [0.1, 0.15) is 0 Å². The standard InChI is InChI=1S/C22H27NO/c24-22-14-4-2-1-3-13-21(22)23-19-11-7-5-9-17(19)15-16-18-10-6-8-12-20(18)23/h5-12,21-22,24H,1-4,13-16H2/t21-,22+/m1/s1. The van der Waals surface area contributed by atoms with Gasteiger partial charge in [0.05, 0.1) is 12.1 Å². The Kier molecular flexibility index (Phi) is 4.57. The summed E-state index contributed by atoms with van der Waals surface area (Å²) in [6.45, 7) is 0. The van der Waals surface area contributed by atoms with Gasteiger partial charge in [-0.05, 0) is 48.9 Å². The van der Waals surface area contributed by atoms with Crippen molar-refractivity contribution in [1.29, 1.82) is 0 Å². The maximum Gasteiger partial charge on any atom is 0.0747 e. The molecule has 2 aromatic carbocycles. The lowest BCUT2D eigenvalue weighted by atomic mass is 9.92. The minimum absolute atomic E-state index is 0.186. The summed E-state index contributed by atoms with van der Waals surface area (Å²) in [4.78, 5) is 2.47. The van der Waals surface area contributed by atoms with Crippen molar-refractivity contribution in [1.82, 2.24) is 0 Å². The Morgan fingerprint density at radius 2 is 1.25 bits per heavy atom. The van der Waals surface area contributed by atoms with Crippen molar-refractivity contribution in [2.24, 2.45) is 0 Å². The number of hydrogen-bond acceptors (Lipinski definition) is 2. The predicted molar refractivity (Wildman–Crippen MR) is 99.9 cm³/mol. The average Bonchev–Trinajstić information content (AvgIpc) is 2.76. The van der Waals surface area contributed by atoms with Crippen molar-refractivity contribution in [2.45, 2.75) is 63.5 Å². The SMILES string of the molecule is O[C@H]1CCCCCC[C@H]1N1c2ccccc2CCc2ccccc21. The molecule has 2 aliphatic rings. The van der Waals surface area contributed by atoms with Gasteiger partial charge in [-0.3, -0.25) is 0 Å². The number of fused-ring (bicyclic) bond motifs is 2. The van der Waals surface area contributed by atoms with Crippen LogP contribution in [0, 0.1) is 0 Å². The summed E-state index contributed by atoms with van der Waals surface area (Å²) in [5.74, 6) is 0. The zero-order valence-corrected chi connectivity index (χ0v) is 14.3. The van der Waals surface area contributed by atoms with Gasteiger partial charge in [0, 0.05) is 11.4 Å². The topological polar surface area (TPSA) is 23.5 Å². The van der Waals surface area contributed by atoms with E-state index in [0.717, 1.165) is 32.1 Å². The van der Waals surface area contributed by atoms with Crippen LogP contribution in [0.1, 0.15) is 49.7 Å². The highest BCUT2D eigenvalue weighted by Crippen LogP contribution is 2.40. The van der Waals surface area contributed by atoms with Crippen molar-refractivity contribution >= 4 is 11.4 Å². The maximum absolute atomic E-state index is 10.9. The van der Waals surface area contributed by atoms with Crippen LogP contribution in [0.3, 0.4) is 0 Å². The lowest BCUT2D eigenvalue weighted by molar-refractivity contribution is 0.120. The van der Waals surface area contributed by atoms with E-state index in [2.05, 4.69) is 53.4 Å². The van der Waals surface area contributed by atoms with Gasteiger partial charge in [0.15, 0.2) is 0 Å². The molecule has 0 unspecified atom stereocenters. The molecule has 0 spiro atoms. The second-order valence-corrected chi connectivity index (χ2v) is 7.25. The largest absolute Gasteiger partial charge is 0.391 e. The molecule has 1 fully saturated rings. The van der Waals surface area contributed by atoms with Crippen molar-refractivity contribution in [3.05, 3.63) is 59.7 Å². The van der Waals surface area contributed by atoms with E-state index in [1.807, 2.05) is 0 Å². The van der Waals surface area contributed by atoms with Gasteiger partial charge in [0.25, 0.3) is 0 Å². The molecular weight excluding hydrogens is 294 g/mol. The molecule has 0 bridgehead atoms. The van der Waals surface area contributed by atoms with Gasteiger partial charge in [-0.2, -0.15) is 0 Å². The number of aliphatic hydroxyl groups is 1. The molecule has 1 aliphatic heterocycles. The van der Waals surface area contributed by atoms with Crippen LogP contribution in [0.5, 0.6) is 0 Å². The van der Waals surface area contributed by atoms with Crippen molar-refractivity contribution < 1.29 is 5.11 Å². The Bertz CT molecular complexity index is 648. The number of para-hydroxylation sites is 2. The molecule has 2 nitrogen and oxygen atoms in total. The minimum atomic E-state index is -0.246. The molecule has 0 saturated heterocycles. The molecule has 2 atom stereocenters. The average molecular weight is 321 g/mol. The first kappa shape index (κ1) is 15.7. The number of nitrogens with zero attached hydrogens (tertiary/aromatic N) is 1. The third-order valence-electron chi connectivity index (χ3n) is 5.69. The molecule has 1 heterocycles. The zero-order chi connectivity index (χ0) is 16.4. The van der Waals surface area contributed by atoms with E-state index >= 15 is 0 Å². The van der Waals surface area contributed by atoms with Crippen molar-refractivity contribution in [3.8, 4) is 0 Å². The first-order chi connectivity index (χ1) is 11.8. The molecule has 2 aromatic rings. The second-order valence-electron chi connectivity index (χ2n) is 7.25. The zero-order valence-electron chi connectivity index (χ0n) is 14.3. The van der Waals surface area contributed by atoms with E-state index in [1.165, 1.54) is 41.8 Å². The minimum Gasteiger partial charge on any atom is -0.391 e. The fourth-order valence-corrected chi connectivity index (χ4v) is 4.42. The smallest absolute Gasteiger partial charge is 0.0747 e. The van der Waals surface area contributed by atoms with Crippen LogP contribution in [0.2, 0.25) is 0 Å². The molecule has 1 aliphatic carbocycles. The lowest BCUT2D eigenvalue weighted by Crippen LogP contribution is -2.42. The van der Waals surface area contributed by atoms with Crippen LogP contribution in [-0.4, -0.2) is 17.3 Å². The number of hydrogen-bond donors (Lipinski definition) is 1. The summed E-state index contributed by atoms with van der Waals surface area (Å²) >= 11 is 0. The van der Waals surface area contributed by atoms with Gasteiger partial charge < -0.3 is 10.0 Å². The van der Waals surface area contributed by atoms with Crippen LogP contribution in [0.15, 0.2) is 48.5 Å². The molecule has 0 amide bonds. The maximum atomic E-state index is 10.9. The first-order valence-electron chi connectivity index (χ1n) is 9.48. The quantitative estimate of drug-likeness (QED) is 0.798. The summed E-state index contributed by atoms with van der Waals surface area (Å²) in [6, 6.07) is 17.7. The number of benzene rings is 2. The third kappa shape index (κ3) is 2.95. The van der Waals surface area contributed by atoms with Crippen LogP contribution < -0.4 is 4.90 Å². The Morgan fingerprint density at radius 3 is 1.88 bits per heavy atom. The van der Waals surface area contributed by atoms with Crippen molar-refractivity contribution in [2.75, 3.05) is 4.90 Å². The summed E-state index contributed by atoms with van der Waals surface area (Å²) < 4.78 is 0. The molecule has 0 aromatic heterocycles. The normalized spacial score (nSPS) is 24.3. The van der Waals surface area contributed by atoms with Crippen LogP contribution in [0.25, 0.3) is 0 Å². The Hall–Kier alpha value is -1.80. The van der Waals surface area contributed by atoms with Gasteiger partial charge in [0.2, 0.25) is 0 Å². The van der Waals surface area contributed by atoms with E-state index < -0.39 is 0 Å². The van der Waals surface area contributed by atoms with E-state index in [0.29, 0.717) is 0 Å². The molecule has 4 rings (SSSR count). The number of aliphatic hydroxyl groups excluding tert-OH is 1. The van der Waals surface area contributed by atoms with E-state index in [1.54, 1.807) is 0 Å². The number of rotatable bonds is 1. The Morgan fingerprint density at radius 1 is 0.708 bits per heavy atom. The third-order valence-corrected chi connectivity index (χ3v) is 5.69. The van der Waals surface area contributed by atoms with Crippen molar-refractivity contribution in [3.63, 3.8) is 0 Å². The molecule has 1 N–H and O–H groups in total. The van der Waals surface area contributed by atoms with E-state index in [-0.39, 0.29) is 12.1 Å². The molecule has 1 saturated carbocycles.